The van der Waals surface area contributed by atoms with Gasteiger partial charge in [-0.25, -0.2) is 5.43 Å². The number of nitrogens with zero attached hydrogens (tertiary/aromatic N) is 5. The van der Waals surface area contributed by atoms with Crippen LogP contribution in [0.5, 0.6) is 17.2 Å². The van der Waals surface area contributed by atoms with E-state index in [2.05, 4.69) is 31.6 Å². The number of carbonyl (C=O) groups is 1. The molecule has 1 N–H and O–H groups in total. The highest BCUT2D eigenvalue weighted by atomic mass is 79.9. The van der Waals surface area contributed by atoms with Crippen LogP contribution in [0.4, 0.5) is 11.4 Å². The van der Waals surface area contributed by atoms with E-state index in [-0.39, 0.29) is 36.3 Å². The van der Waals surface area contributed by atoms with Crippen LogP contribution in [0.2, 0.25) is 0 Å². The van der Waals surface area contributed by atoms with Crippen LogP contribution < -0.4 is 14.9 Å². The lowest BCUT2D eigenvalue weighted by Gasteiger charge is -2.12. The van der Waals surface area contributed by atoms with Gasteiger partial charge in [0.25, 0.3) is 11.6 Å². The molecule has 2 aromatic carbocycles. The van der Waals surface area contributed by atoms with Gasteiger partial charge in [-0.15, -0.1) is 0 Å². The minimum Gasteiger partial charge on any atom is -0.490 e. The number of non-ortho nitro benzene ring substituents is 1. The summed E-state index contributed by atoms with van der Waals surface area (Å²) in [6.45, 7) is 5.67. The van der Waals surface area contributed by atoms with Gasteiger partial charge in [0.05, 0.1) is 44.6 Å². The maximum atomic E-state index is 12.2. The molecule has 0 saturated heterocycles. The van der Waals surface area contributed by atoms with Crippen molar-refractivity contribution in [3.8, 4) is 17.2 Å². The highest BCUT2D eigenvalue weighted by Crippen LogP contribution is 2.38. The Balaban J connectivity index is 1.75. The first-order chi connectivity index (χ1) is 17.1. The molecule has 14 heteroatoms. The zero-order valence-electron chi connectivity index (χ0n) is 19.4. The Morgan fingerprint density at radius 1 is 1.14 bits per heavy atom. The predicted molar refractivity (Wildman–Crippen MR) is 133 cm³/mol. The fourth-order valence-corrected chi connectivity index (χ4v) is 3.39. The molecule has 3 rings (SSSR count). The third-order valence-corrected chi connectivity index (χ3v) is 5.97. The van der Waals surface area contributed by atoms with Crippen LogP contribution in [-0.4, -0.2) is 38.4 Å². The molecule has 0 aliphatic rings. The first-order valence-electron chi connectivity index (χ1n) is 10.5. The van der Waals surface area contributed by atoms with Crippen molar-refractivity contribution in [1.29, 1.82) is 0 Å². The van der Waals surface area contributed by atoms with Crippen molar-refractivity contribution in [2.24, 2.45) is 5.10 Å². The Labute approximate surface area is 213 Å². The smallest absolute Gasteiger partial charge is 0.318 e. The van der Waals surface area contributed by atoms with Gasteiger partial charge in [0.15, 0.2) is 11.5 Å². The van der Waals surface area contributed by atoms with Gasteiger partial charge in [-0.3, -0.25) is 29.7 Å². The largest absolute Gasteiger partial charge is 0.490 e. The van der Waals surface area contributed by atoms with Gasteiger partial charge >= 0.3 is 5.69 Å². The van der Waals surface area contributed by atoms with Crippen molar-refractivity contribution in [2.75, 3.05) is 6.61 Å². The second kappa shape index (κ2) is 11.4. The molecular weight excluding hydrogens is 540 g/mol. The number of amides is 1. The van der Waals surface area contributed by atoms with Gasteiger partial charge in [-0.2, -0.15) is 10.2 Å². The number of ether oxygens (including phenoxy) is 2. The zero-order valence-corrected chi connectivity index (χ0v) is 21.0. The molecule has 0 atom stereocenters. The van der Waals surface area contributed by atoms with E-state index in [9.17, 15) is 25.0 Å². The van der Waals surface area contributed by atoms with Crippen LogP contribution in [0, 0.1) is 34.1 Å². The standard InChI is InChI=1S/C22H21BrN6O7/c1-4-35-20-9-15(11-24-25-21(30)12-27-14(3)22(23)13(2)26-27)5-7-19(20)36-18-8-6-16(28(31)32)10-17(18)29(33)34/h5-11H,4,12H2,1-3H3,(H,25,30)/b24-11+. The molecule has 36 heavy (non-hydrogen) atoms. The monoisotopic (exact) mass is 560 g/mol. The lowest BCUT2D eigenvalue weighted by atomic mass is 10.2. The highest BCUT2D eigenvalue weighted by molar-refractivity contribution is 9.10. The fourth-order valence-electron chi connectivity index (χ4n) is 3.10. The van der Waals surface area contributed by atoms with Crippen LogP contribution in [-0.2, 0) is 11.3 Å². The molecule has 0 aliphatic carbocycles. The Morgan fingerprint density at radius 2 is 1.86 bits per heavy atom. The molecule has 0 saturated carbocycles. The summed E-state index contributed by atoms with van der Waals surface area (Å²) in [6, 6.07) is 7.76. The minimum absolute atomic E-state index is 0.0133. The maximum Gasteiger partial charge on any atom is 0.318 e. The lowest BCUT2D eigenvalue weighted by Crippen LogP contribution is -2.24. The molecule has 1 amide bonds. The van der Waals surface area contributed by atoms with E-state index in [4.69, 9.17) is 9.47 Å². The average molecular weight is 561 g/mol. The number of benzene rings is 2. The average Bonchev–Trinajstić information content (AvgIpc) is 3.07. The number of hydrogen-bond acceptors (Lipinski definition) is 9. The number of halogens is 1. The van der Waals surface area contributed by atoms with Gasteiger partial charge in [0, 0.05) is 6.07 Å². The predicted octanol–water partition coefficient (Wildman–Crippen LogP) is 4.42. The number of nitro benzene ring substituents is 2. The number of nitrogens with one attached hydrogen (secondary N) is 1. The number of nitro groups is 2. The van der Waals surface area contributed by atoms with E-state index in [1.54, 1.807) is 23.7 Å². The van der Waals surface area contributed by atoms with Crippen molar-refractivity contribution < 1.29 is 24.1 Å². The molecule has 3 aromatic rings. The minimum atomic E-state index is -0.767. The summed E-state index contributed by atoms with van der Waals surface area (Å²) in [4.78, 5) is 33.1. The van der Waals surface area contributed by atoms with Gasteiger partial charge < -0.3 is 9.47 Å². The number of rotatable bonds is 10. The number of carbonyl (C=O) groups excluding carboxylic acids is 1. The van der Waals surface area contributed by atoms with Crippen LogP contribution in [0.3, 0.4) is 0 Å². The van der Waals surface area contributed by atoms with Crippen LogP contribution in [0.15, 0.2) is 46.0 Å². The van der Waals surface area contributed by atoms with Crippen LogP contribution in [0.1, 0.15) is 23.9 Å². The van der Waals surface area contributed by atoms with Crippen molar-refractivity contribution in [3.63, 3.8) is 0 Å². The lowest BCUT2D eigenvalue weighted by molar-refractivity contribution is -0.394. The highest BCUT2D eigenvalue weighted by Gasteiger charge is 2.22. The van der Waals surface area contributed by atoms with Gasteiger partial charge in [-0.05, 0) is 66.5 Å². The molecule has 1 aromatic heterocycles. The second-order valence-corrected chi connectivity index (χ2v) is 8.14. The topological polar surface area (TPSA) is 164 Å². The summed E-state index contributed by atoms with van der Waals surface area (Å²) in [6.07, 6.45) is 1.40. The number of hydrazone groups is 1. The van der Waals surface area contributed by atoms with Crippen LogP contribution in [0.25, 0.3) is 0 Å². The second-order valence-electron chi connectivity index (χ2n) is 7.34. The number of aryl methyl sites for hydroxylation is 1. The first-order valence-corrected chi connectivity index (χ1v) is 11.3. The molecule has 0 unspecified atom stereocenters. The summed E-state index contributed by atoms with van der Waals surface area (Å²) in [5.74, 6) is -0.145. The van der Waals surface area contributed by atoms with Gasteiger partial charge in [0.2, 0.25) is 5.75 Å². The van der Waals surface area contributed by atoms with E-state index in [1.807, 2.05) is 13.8 Å². The van der Waals surface area contributed by atoms with E-state index >= 15 is 0 Å². The Bertz CT molecular complexity index is 1350. The zero-order chi connectivity index (χ0) is 26.4. The summed E-state index contributed by atoms with van der Waals surface area (Å²) < 4.78 is 13.6. The van der Waals surface area contributed by atoms with Crippen molar-refractivity contribution in [1.82, 2.24) is 15.2 Å². The number of aromatic nitrogens is 2. The van der Waals surface area contributed by atoms with Crippen molar-refractivity contribution in [3.05, 3.63) is 78.1 Å². The first kappa shape index (κ1) is 26.3. The van der Waals surface area contributed by atoms with E-state index in [1.165, 1.54) is 12.3 Å². The molecule has 1 heterocycles. The van der Waals surface area contributed by atoms with E-state index in [0.717, 1.165) is 34.1 Å². The third-order valence-electron chi connectivity index (χ3n) is 4.83. The van der Waals surface area contributed by atoms with Gasteiger partial charge in [-0.1, -0.05) is 0 Å². The summed E-state index contributed by atoms with van der Waals surface area (Å²) in [5, 5.41) is 30.6. The summed E-state index contributed by atoms with van der Waals surface area (Å²) in [7, 11) is 0. The normalized spacial score (nSPS) is 10.9. The summed E-state index contributed by atoms with van der Waals surface area (Å²) >= 11 is 3.41. The van der Waals surface area contributed by atoms with Crippen molar-refractivity contribution >= 4 is 39.4 Å². The molecular formula is C22H21BrN6O7. The molecule has 188 valence electrons. The quantitative estimate of drug-likeness (QED) is 0.216. The SMILES string of the molecule is CCOc1cc(/C=N/NC(=O)Cn2nc(C)c(Br)c2C)ccc1Oc1ccc([N+](=O)[O-])cc1[N+](=O)[O-]. The molecule has 13 nitrogen and oxygen atoms in total. The van der Waals surface area contributed by atoms with Crippen LogP contribution >= 0.6 is 15.9 Å². The summed E-state index contributed by atoms with van der Waals surface area (Å²) in [5.41, 5.74) is 3.58. The Morgan fingerprint density at radius 3 is 2.47 bits per heavy atom. The Hall–Kier alpha value is -4.33. The third kappa shape index (κ3) is 6.21. The molecule has 0 radical (unpaired) electrons. The molecule has 0 bridgehead atoms. The maximum absolute atomic E-state index is 12.2. The Kier molecular flexibility index (Phi) is 8.32. The molecule has 0 aliphatic heterocycles. The van der Waals surface area contributed by atoms with E-state index in [0.29, 0.717) is 5.56 Å². The van der Waals surface area contributed by atoms with E-state index < -0.39 is 21.2 Å². The van der Waals surface area contributed by atoms with Crippen molar-refractivity contribution in [2.45, 2.75) is 27.3 Å². The number of hydrogen-bond donors (Lipinski definition) is 1. The van der Waals surface area contributed by atoms with Gasteiger partial charge in [0.1, 0.15) is 6.54 Å². The molecule has 0 spiro atoms. The fraction of sp³-hybridized carbons (Fsp3) is 0.227. The molecule has 0 fully saturated rings.